The van der Waals surface area contributed by atoms with Crippen LogP contribution >= 0.6 is 0 Å². The lowest BCUT2D eigenvalue weighted by Gasteiger charge is -2.11. The molecular formula is C14H31N3O. The summed E-state index contributed by atoms with van der Waals surface area (Å²) in [5, 5.41) is 6.63. The summed E-state index contributed by atoms with van der Waals surface area (Å²) in [6.45, 7) is 10.1. The highest BCUT2D eigenvalue weighted by Crippen LogP contribution is 2.04. The Bertz CT molecular complexity index is 205. The Kier molecular flexibility index (Phi) is 12.1. The summed E-state index contributed by atoms with van der Waals surface area (Å²) in [6.07, 6.45) is 4.78. The fourth-order valence-electron chi connectivity index (χ4n) is 1.63. The molecule has 18 heavy (non-hydrogen) atoms. The second-order valence-electron chi connectivity index (χ2n) is 4.92. The van der Waals surface area contributed by atoms with Crippen LogP contribution in [0.1, 0.15) is 46.5 Å². The Morgan fingerprint density at radius 3 is 2.56 bits per heavy atom. The van der Waals surface area contributed by atoms with Crippen molar-refractivity contribution in [2.24, 2.45) is 10.9 Å². The second-order valence-corrected chi connectivity index (χ2v) is 4.92. The Labute approximate surface area is 113 Å². The number of ether oxygens (including phenoxy) is 1. The maximum atomic E-state index is 5.01. The first-order valence-corrected chi connectivity index (χ1v) is 7.21. The maximum Gasteiger partial charge on any atom is 0.191 e. The summed E-state index contributed by atoms with van der Waals surface area (Å²) in [5.41, 5.74) is 0. The smallest absolute Gasteiger partial charge is 0.191 e. The molecule has 0 aliphatic heterocycles. The van der Waals surface area contributed by atoms with Gasteiger partial charge in [-0.05, 0) is 25.7 Å². The van der Waals surface area contributed by atoms with Crippen LogP contribution in [0.4, 0.5) is 0 Å². The molecule has 0 fully saturated rings. The third-order valence-electron chi connectivity index (χ3n) is 2.62. The van der Waals surface area contributed by atoms with Crippen molar-refractivity contribution in [3.05, 3.63) is 0 Å². The van der Waals surface area contributed by atoms with Gasteiger partial charge in [-0.15, -0.1) is 0 Å². The van der Waals surface area contributed by atoms with Crippen molar-refractivity contribution in [1.82, 2.24) is 10.6 Å². The summed E-state index contributed by atoms with van der Waals surface area (Å²) < 4.78 is 5.01. The highest BCUT2D eigenvalue weighted by Gasteiger charge is 1.97. The van der Waals surface area contributed by atoms with E-state index < -0.39 is 0 Å². The average Bonchev–Trinajstić information content (AvgIpc) is 2.33. The number of hydrogen-bond donors (Lipinski definition) is 2. The number of methoxy groups -OCH3 is 1. The minimum atomic E-state index is 0.775. The zero-order chi connectivity index (χ0) is 13.6. The van der Waals surface area contributed by atoms with E-state index in [0.29, 0.717) is 0 Å². The topological polar surface area (TPSA) is 45.7 Å². The van der Waals surface area contributed by atoms with Gasteiger partial charge >= 0.3 is 0 Å². The van der Waals surface area contributed by atoms with E-state index in [-0.39, 0.29) is 0 Å². The summed E-state index contributed by atoms with van der Waals surface area (Å²) in [6, 6.07) is 0. The quantitative estimate of drug-likeness (QED) is 0.359. The molecule has 0 unspecified atom stereocenters. The van der Waals surface area contributed by atoms with Gasteiger partial charge in [0.25, 0.3) is 0 Å². The fourth-order valence-corrected chi connectivity index (χ4v) is 1.63. The third kappa shape index (κ3) is 11.7. The Balaban J connectivity index is 3.68. The van der Waals surface area contributed by atoms with Crippen molar-refractivity contribution in [1.29, 1.82) is 0 Å². The van der Waals surface area contributed by atoms with Crippen molar-refractivity contribution in [3.8, 4) is 0 Å². The molecular weight excluding hydrogens is 226 g/mol. The molecule has 0 rings (SSSR count). The van der Waals surface area contributed by atoms with Gasteiger partial charge in [-0.2, -0.15) is 0 Å². The molecule has 0 saturated heterocycles. The van der Waals surface area contributed by atoms with Crippen LogP contribution in [0.5, 0.6) is 0 Å². The largest absolute Gasteiger partial charge is 0.385 e. The zero-order valence-corrected chi connectivity index (χ0v) is 12.6. The zero-order valence-electron chi connectivity index (χ0n) is 12.6. The summed E-state index contributed by atoms with van der Waals surface area (Å²) in [7, 11) is 1.72. The monoisotopic (exact) mass is 257 g/mol. The van der Waals surface area contributed by atoms with Crippen LogP contribution < -0.4 is 10.6 Å². The minimum absolute atomic E-state index is 0.775. The van der Waals surface area contributed by atoms with Gasteiger partial charge in [-0.25, -0.2) is 0 Å². The van der Waals surface area contributed by atoms with E-state index in [0.717, 1.165) is 44.5 Å². The highest BCUT2D eigenvalue weighted by molar-refractivity contribution is 5.79. The molecule has 0 aromatic rings. The van der Waals surface area contributed by atoms with Gasteiger partial charge in [0, 0.05) is 33.4 Å². The van der Waals surface area contributed by atoms with Gasteiger partial charge in [-0.1, -0.05) is 26.7 Å². The molecule has 0 amide bonds. The van der Waals surface area contributed by atoms with Gasteiger partial charge in [0.05, 0.1) is 0 Å². The van der Waals surface area contributed by atoms with E-state index in [1.807, 2.05) is 0 Å². The van der Waals surface area contributed by atoms with Crippen LogP contribution in [-0.2, 0) is 4.74 Å². The third-order valence-corrected chi connectivity index (χ3v) is 2.62. The molecule has 0 saturated carbocycles. The number of rotatable bonds is 10. The SMILES string of the molecule is CCNC(=NCCCOC)NCCCCC(C)C. The van der Waals surface area contributed by atoms with Crippen molar-refractivity contribution in [2.75, 3.05) is 33.4 Å². The van der Waals surface area contributed by atoms with Crippen LogP contribution in [0.25, 0.3) is 0 Å². The van der Waals surface area contributed by atoms with E-state index in [9.17, 15) is 0 Å². The molecule has 108 valence electrons. The van der Waals surface area contributed by atoms with Crippen molar-refractivity contribution in [2.45, 2.75) is 46.5 Å². The number of guanidine groups is 1. The average molecular weight is 257 g/mol. The molecule has 0 aliphatic carbocycles. The van der Waals surface area contributed by atoms with Crippen LogP contribution in [0.3, 0.4) is 0 Å². The Morgan fingerprint density at radius 2 is 1.94 bits per heavy atom. The first kappa shape index (κ1) is 17.2. The molecule has 0 spiro atoms. The van der Waals surface area contributed by atoms with E-state index in [1.165, 1.54) is 19.3 Å². The van der Waals surface area contributed by atoms with Crippen LogP contribution in [0.2, 0.25) is 0 Å². The van der Waals surface area contributed by atoms with Gasteiger partial charge in [0.2, 0.25) is 0 Å². The Hall–Kier alpha value is -0.770. The maximum absolute atomic E-state index is 5.01. The predicted octanol–water partition coefficient (Wildman–Crippen LogP) is 2.40. The molecule has 4 nitrogen and oxygen atoms in total. The minimum Gasteiger partial charge on any atom is -0.385 e. The standard InChI is InChI=1S/C14H31N3O/c1-5-15-14(17-11-8-12-18-4)16-10-7-6-9-13(2)3/h13H,5-12H2,1-4H3,(H2,15,16,17). The van der Waals surface area contributed by atoms with E-state index in [1.54, 1.807) is 7.11 Å². The van der Waals surface area contributed by atoms with E-state index in [2.05, 4.69) is 36.4 Å². The van der Waals surface area contributed by atoms with Crippen LogP contribution in [0.15, 0.2) is 4.99 Å². The number of aliphatic imine (C=N–C) groups is 1. The lowest BCUT2D eigenvalue weighted by Crippen LogP contribution is -2.37. The fraction of sp³-hybridized carbons (Fsp3) is 0.929. The molecule has 0 atom stereocenters. The van der Waals surface area contributed by atoms with Crippen molar-refractivity contribution >= 4 is 5.96 Å². The van der Waals surface area contributed by atoms with Gasteiger partial charge in [-0.3, -0.25) is 4.99 Å². The van der Waals surface area contributed by atoms with Crippen LogP contribution in [-0.4, -0.2) is 39.3 Å². The second kappa shape index (κ2) is 12.7. The van der Waals surface area contributed by atoms with Gasteiger partial charge < -0.3 is 15.4 Å². The number of nitrogens with zero attached hydrogens (tertiary/aromatic N) is 1. The molecule has 0 bridgehead atoms. The first-order chi connectivity index (χ1) is 8.70. The van der Waals surface area contributed by atoms with E-state index >= 15 is 0 Å². The number of unbranched alkanes of at least 4 members (excludes halogenated alkanes) is 1. The molecule has 2 N–H and O–H groups in total. The molecule has 4 heteroatoms. The summed E-state index contributed by atoms with van der Waals surface area (Å²) in [5.74, 6) is 1.74. The first-order valence-electron chi connectivity index (χ1n) is 7.21. The molecule has 0 aliphatic rings. The predicted molar refractivity (Wildman–Crippen MR) is 79.2 cm³/mol. The molecule has 0 aromatic carbocycles. The number of nitrogens with one attached hydrogen (secondary N) is 2. The normalized spacial score (nSPS) is 11.9. The van der Waals surface area contributed by atoms with Crippen molar-refractivity contribution < 1.29 is 4.74 Å². The molecule has 0 aromatic heterocycles. The summed E-state index contributed by atoms with van der Waals surface area (Å²) >= 11 is 0. The van der Waals surface area contributed by atoms with Gasteiger partial charge in [0.15, 0.2) is 5.96 Å². The highest BCUT2D eigenvalue weighted by atomic mass is 16.5. The Morgan fingerprint density at radius 1 is 1.17 bits per heavy atom. The molecule has 0 heterocycles. The van der Waals surface area contributed by atoms with Crippen LogP contribution in [0, 0.1) is 5.92 Å². The molecule has 0 radical (unpaired) electrons. The lowest BCUT2D eigenvalue weighted by molar-refractivity contribution is 0.197. The van der Waals surface area contributed by atoms with Gasteiger partial charge in [0.1, 0.15) is 0 Å². The lowest BCUT2D eigenvalue weighted by atomic mass is 10.1. The summed E-state index contributed by atoms with van der Waals surface area (Å²) in [4.78, 5) is 4.50. The number of hydrogen-bond acceptors (Lipinski definition) is 2. The van der Waals surface area contributed by atoms with E-state index in [4.69, 9.17) is 4.74 Å². The van der Waals surface area contributed by atoms with Crippen molar-refractivity contribution in [3.63, 3.8) is 0 Å².